The molecule has 2 aliphatic heterocycles. The Morgan fingerprint density at radius 1 is 0.367 bits per heavy atom. The van der Waals surface area contributed by atoms with Crippen LogP contribution in [0.3, 0.4) is 0 Å². The Bertz CT molecular complexity index is 1920. The summed E-state index contributed by atoms with van der Waals surface area (Å²) in [4.78, 5) is 13.4. The Hall–Kier alpha value is -2.57. The number of allylic oxidation sites excluding steroid dienone is 11. The maximum atomic E-state index is 13.4. The quantitative estimate of drug-likeness (QED) is 0.0204. The number of nitrogens with one attached hydrogen (secondary N) is 1. The third-order valence-electron chi connectivity index (χ3n) is 19.8. The van der Waals surface area contributed by atoms with Crippen LogP contribution in [0.15, 0.2) is 72.9 Å². The van der Waals surface area contributed by atoms with E-state index in [4.69, 9.17) is 18.9 Å². The average Bonchev–Trinajstić information content (AvgIpc) is 0.793. The zero-order chi connectivity index (χ0) is 70.8. The summed E-state index contributed by atoms with van der Waals surface area (Å²) in [5.41, 5.74) is 0. The Morgan fingerprint density at radius 3 is 1.07 bits per heavy atom. The minimum Gasteiger partial charge on any atom is -0.394 e. The second-order valence-electron chi connectivity index (χ2n) is 28.9. The summed E-state index contributed by atoms with van der Waals surface area (Å²) in [6.07, 6.45) is 77.1. The maximum absolute atomic E-state index is 13.4. The van der Waals surface area contributed by atoms with E-state index in [0.717, 1.165) is 57.8 Å². The molecule has 0 radical (unpaired) electrons. The van der Waals surface area contributed by atoms with Crippen molar-refractivity contribution in [2.75, 3.05) is 19.8 Å². The van der Waals surface area contributed by atoms with Crippen LogP contribution in [0.25, 0.3) is 0 Å². The number of ether oxygens (including phenoxy) is 4. The van der Waals surface area contributed by atoms with Crippen molar-refractivity contribution in [1.29, 1.82) is 0 Å². The summed E-state index contributed by atoms with van der Waals surface area (Å²) < 4.78 is 22.9. The summed E-state index contributed by atoms with van der Waals surface area (Å²) in [5, 5.41) is 87.7. The van der Waals surface area contributed by atoms with Crippen molar-refractivity contribution in [3.8, 4) is 0 Å². The van der Waals surface area contributed by atoms with Gasteiger partial charge in [0.2, 0.25) is 5.91 Å². The second kappa shape index (κ2) is 67.6. The number of aliphatic hydroxyl groups excluding tert-OH is 8. The molecule has 14 nitrogen and oxygen atoms in total. The zero-order valence-corrected chi connectivity index (χ0v) is 62.8. The van der Waals surface area contributed by atoms with Crippen molar-refractivity contribution < 1.29 is 64.6 Å². The molecule has 572 valence electrons. The Balaban J connectivity index is 1.61. The number of carbonyl (C=O) groups excluding carboxylic acids is 1. The molecule has 2 fully saturated rings. The lowest BCUT2D eigenvalue weighted by molar-refractivity contribution is -0.359. The van der Waals surface area contributed by atoms with Gasteiger partial charge in [-0.25, -0.2) is 0 Å². The summed E-state index contributed by atoms with van der Waals surface area (Å²) in [6.45, 7) is 2.81. The lowest BCUT2D eigenvalue weighted by Gasteiger charge is -2.46. The highest BCUT2D eigenvalue weighted by atomic mass is 16.7. The molecule has 9 N–H and O–H groups in total. The molecule has 1 amide bonds. The Labute approximate surface area is 599 Å². The first-order chi connectivity index (χ1) is 48.1. The first-order valence-electron chi connectivity index (χ1n) is 41.2. The van der Waals surface area contributed by atoms with Crippen molar-refractivity contribution in [1.82, 2.24) is 5.32 Å². The van der Waals surface area contributed by atoms with Gasteiger partial charge < -0.3 is 65.1 Å². The summed E-state index contributed by atoms with van der Waals surface area (Å²) >= 11 is 0. The number of aliphatic hydroxyl groups is 8. The minimum atomic E-state index is -1.80. The van der Waals surface area contributed by atoms with E-state index in [2.05, 4.69) is 79.9 Å². The van der Waals surface area contributed by atoms with Crippen LogP contribution in [0.1, 0.15) is 361 Å². The highest BCUT2D eigenvalue weighted by molar-refractivity contribution is 5.76. The van der Waals surface area contributed by atoms with Gasteiger partial charge in [-0.05, 0) is 83.5 Å². The standard InChI is InChI=1S/C84H153NO13/c1-3-5-7-9-11-13-15-17-19-21-23-25-27-29-31-32-33-34-35-36-37-38-39-40-42-44-46-48-50-52-54-56-58-60-62-64-66-68-76(89)85-72(71-95-83-81(94)79(92)82(75(70-87)97-83)98-84-80(93)78(91)77(90)74(69-86)96-84)73(88)67-65-63-61-59-57-55-53-51-49-47-45-43-41-30-28-26-24-22-20-18-16-14-12-10-8-6-4-2/h15,17,21,23,27,29,49,51,57,59,65,67,72-75,77-84,86-88,90-94H,3-14,16,18-20,22,24-26,28,30-48,50,52-56,58,60-64,66,68-71H2,1-2H3,(H,85,89)/b17-15-,23-21-,29-27-,51-49+,59-57+,67-65+. The number of carbonyl (C=O) groups is 1. The number of hydrogen-bond acceptors (Lipinski definition) is 13. The number of hydrogen-bond donors (Lipinski definition) is 9. The molecular formula is C84H153NO13. The lowest BCUT2D eigenvalue weighted by Crippen LogP contribution is -2.65. The molecule has 0 aromatic rings. The molecule has 0 spiro atoms. The fraction of sp³-hybridized carbons (Fsp3) is 0.845. The normalized spacial score (nSPS) is 22.4. The van der Waals surface area contributed by atoms with Gasteiger partial charge in [-0.2, -0.15) is 0 Å². The second-order valence-corrected chi connectivity index (χ2v) is 28.9. The van der Waals surface area contributed by atoms with Gasteiger partial charge in [0.05, 0.1) is 32.0 Å². The van der Waals surface area contributed by atoms with Crippen LogP contribution in [-0.2, 0) is 23.7 Å². The molecule has 98 heavy (non-hydrogen) atoms. The molecule has 2 aliphatic rings. The average molecular weight is 1390 g/mol. The van der Waals surface area contributed by atoms with Gasteiger partial charge in [0.1, 0.15) is 48.8 Å². The van der Waals surface area contributed by atoms with E-state index in [1.807, 2.05) is 6.08 Å². The SMILES string of the molecule is CCCCCCC/C=C\C/C=C\C/C=C\CCCCCCCCCCCCCCCCCCCCCCCCC(=O)NC(COC1OC(CO)C(OC2OC(CO)C(O)C(O)C2O)C(O)C1O)C(O)/C=C/CC/C=C/CC/C=C/CCCCCCCCCCCCCCCCCCC. The van der Waals surface area contributed by atoms with Crippen LogP contribution >= 0.6 is 0 Å². The van der Waals surface area contributed by atoms with Crippen LogP contribution in [0.4, 0.5) is 0 Å². The van der Waals surface area contributed by atoms with E-state index in [-0.39, 0.29) is 18.9 Å². The first-order valence-corrected chi connectivity index (χ1v) is 41.2. The van der Waals surface area contributed by atoms with E-state index < -0.39 is 86.8 Å². The molecule has 12 atom stereocenters. The van der Waals surface area contributed by atoms with E-state index >= 15 is 0 Å². The van der Waals surface area contributed by atoms with Crippen molar-refractivity contribution in [2.45, 2.75) is 434 Å². The number of rotatable bonds is 69. The summed E-state index contributed by atoms with van der Waals surface area (Å²) in [6, 6.07) is -0.941. The predicted molar refractivity (Wildman–Crippen MR) is 406 cm³/mol. The van der Waals surface area contributed by atoms with E-state index in [1.165, 1.54) is 270 Å². The molecule has 2 rings (SSSR count). The lowest BCUT2D eigenvalue weighted by atomic mass is 9.97. The van der Waals surface area contributed by atoms with Crippen molar-refractivity contribution in [3.63, 3.8) is 0 Å². The molecular weight excluding hydrogens is 1230 g/mol. The summed E-state index contributed by atoms with van der Waals surface area (Å²) in [5.74, 6) is -0.248. The number of unbranched alkanes of at least 4 members (excludes halogenated alkanes) is 46. The molecule has 0 aromatic carbocycles. The summed E-state index contributed by atoms with van der Waals surface area (Å²) in [7, 11) is 0. The Morgan fingerprint density at radius 2 is 0.684 bits per heavy atom. The van der Waals surface area contributed by atoms with Gasteiger partial charge in [0.15, 0.2) is 12.6 Å². The van der Waals surface area contributed by atoms with Crippen LogP contribution in [0, 0.1) is 0 Å². The monoisotopic (exact) mass is 1380 g/mol. The molecule has 12 unspecified atom stereocenters. The molecule has 2 heterocycles. The highest BCUT2D eigenvalue weighted by Gasteiger charge is 2.51. The van der Waals surface area contributed by atoms with Gasteiger partial charge in [-0.1, -0.05) is 344 Å². The maximum Gasteiger partial charge on any atom is 0.220 e. The van der Waals surface area contributed by atoms with Crippen LogP contribution in [0.5, 0.6) is 0 Å². The molecule has 0 aromatic heterocycles. The smallest absolute Gasteiger partial charge is 0.220 e. The molecule has 0 aliphatic carbocycles. The van der Waals surface area contributed by atoms with Crippen LogP contribution in [0.2, 0.25) is 0 Å². The van der Waals surface area contributed by atoms with Crippen molar-refractivity contribution in [3.05, 3.63) is 72.9 Å². The van der Waals surface area contributed by atoms with Crippen LogP contribution < -0.4 is 5.32 Å². The fourth-order valence-corrected chi connectivity index (χ4v) is 13.3. The van der Waals surface area contributed by atoms with Gasteiger partial charge in [0, 0.05) is 6.42 Å². The molecule has 14 heteroatoms. The third kappa shape index (κ3) is 49.9. The third-order valence-corrected chi connectivity index (χ3v) is 19.8. The van der Waals surface area contributed by atoms with Crippen molar-refractivity contribution in [2.24, 2.45) is 0 Å². The molecule has 0 saturated carbocycles. The van der Waals surface area contributed by atoms with E-state index in [1.54, 1.807) is 6.08 Å². The van der Waals surface area contributed by atoms with Gasteiger partial charge in [-0.15, -0.1) is 0 Å². The highest BCUT2D eigenvalue weighted by Crippen LogP contribution is 2.30. The van der Waals surface area contributed by atoms with Gasteiger partial charge >= 0.3 is 0 Å². The van der Waals surface area contributed by atoms with Gasteiger partial charge in [0.25, 0.3) is 0 Å². The number of amides is 1. The minimum absolute atomic E-state index is 0.248. The van der Waals surface area contributed by atoms with Crippen molar-refractivity contribution >= 4 is 5.91 Å². The van der Waals surface area contributed by atoms with Crippen LogP contribution in [-0.4, -0.2) is 140 Å². The first kappa shape index (κ1) is 91.5. The fourth-order valence-electron chi connectivity index (χ4n) is 13.3. The van der Waals surface area contributed by atoms with E-state index in [0.29, 0.717) is 12.8 Å². The topological polar surface area (TPSA) is 228 Å². The molecule has 0 bridgehead atoms. The zero-order valence-electron chi connectivity index (χ0n) is 62.8. The predicted octanol–water partition coefficient (Wildman–Crippen LogP) is 18.9. The molecule has 2 saturated heterocycles. The Kier molecular flexibility index (Phi) is 63.1. The van der Waals surface area contributed by atoms with Gasteiger partial charge in [-0.3, -0.25) is 4.79 Å². The van der Waals surface area contributed by atoms with E-state index in [9.17, 15) is 45.6 Å². The largest absolute Gasteiger partial charge is 0.394 e.